The second-order valence-electron chi connectivity index (χ2n) is 5.29. The van der Waals surface area contributed by atoms with Crippen molar-refractivity contribution in [2.45, 2.75) is 37.9 Å². The molecule has 0 spiro atoms. The van der Waals surface area contributed by atoms with Crippen LogP contribution in [0.2, 0.25) is 0 Å². The van der Waals surface area contributed by atoms with Crippen molar-refractivity contribution in [3.8, 4) is 0 Å². The average Bonchev–Trinajstić information content (AvgIpc) is 2.81. The molecule has 2 rings (SSSR count). The van der Waals surface area contributed by atoms with E-state index in [0.29, 0.717) is 0 Å². The molecule has 1 aliphatic heterocycles. The smallest absolute Gasteiger partial charge is 0.401 e. The fourth-order valence-electron chi connectivity index (χ4n) is 2.00. The molecule has 0 aromatic heterocycles. The molecule has 0 bridgehead atoms. The van der Waals surface area contributed by atoms with Crippen molar-refractivity contribution in [3.05, 3.63) is 42.5 Å². The molecular formula is C15H19NO4S. The highest BCUT2D eigenvalue weighted by molar-refractivity contribution is 7.90. The van der Waals surface area contributed by atoms with Crippen molar-refractivity contribution < 1.29 is 17.9 Å². The maximum atomic E-state index is 12.2. The van der Waals surface area contributed by atoms with Crippen LogP contribution in [0, 0.1) is 12.8 Å². The van der Waals surface area contributed by atoms with Crippen LogP contribution < -0.4 is 0 Å². The average molecular weight is 309 g/mol. The van der Waals surface area contributed by atoms with Gasteiger partial charge in [0.25, 0.3) is 10.0 Å². The monoisotopic (exact) mass is 309 g/mol. The van der Waals surface area contributed by atoms with Gasteiger partial charge in [0, 0.05) is 0 Å². The summed E-state index contributed by atoms with van der Waals surface area (Å²) in [6, 6.07) is 6.45. The van der Waals surface area contributed by atoms with Gasteiger partial charge < -0.3 is 9.47 Å². The zero-order valence-electron chi connectivity index (χ0n) is 12.3. The summed E-state index contributed by atoms with van der Waals surface area (Å²) in [7, 11) is -3.84. The Kier molecular flexibility index (Phi) is 4.37. The van der Waals surface area contributed by atoms with E-state index < -0.39 is 16.1 Å². The maximum Gasteiger partial charge on any atom is 0.401 e. The molecule has 114 valence electrons. The molecule has 0 unspecified atom stereocenters. The highest BCUT2D eigenvalue weighted by atomic mass is 32.2. The third-order valence-electron chi connectivity index (χ3n) is 3.20. The predicted octanol–water partition coefficient (Wildman–Crippen LogP) is 2.67. The number of hydrogen-bond acceptors (Lipinski definition) is 4. The number of benzene rings is 1. The standard InChI is InChI=1S/C15H19NO4S/c1-5-13-14(10(2)3)20-15(19-13)16-21(17,18)12-8-6-11(4)7-9-12/h5-10,13-14H,1H2,2-4H3/b16-15-/t13-,14-/m1/s1. The number of hydrogen-bond donors (Lipinski definition) is 0. The Bertz CT molecular complexity index is 647. The molecule has 21 heavy (non-hydrogen) atoms. The van der Waals surface area contributed by atoms with Gasteiger partial charge in [-0.15, -0.1) is 0 Å². The Balaban J connectivity index is 2.27. The van der Waals surface area contributed by atoms with E-state index in [1.54, 1.807) is 18.2 Å². The van der Waals surface area contributed by atoms with Gasteiger partial charge in [-0.3, -0.25) is 0 Å². The lowest BCUT2D eigenvalue weighted by Crippen LogP contribution is -2.25. The van der Waals surface area contributed by atoms with Crippen molar-refractivity contribution in [2.24, 2.45) is 10.3 Å². The first-order valence-electron chi connectivity index (χ1n) is 6.71. The summed E-state index contributed by atoms with van der Waals surface area (Å²) < 4.78 is 38.9. The van der Waals surface area contributed by atoms with Crippen molar-refractivity contribution >= 4 is 16.1 Å². The summed E-state index contributed by atoms with van der Waals surface area (Å²) >= 11 is 0. The van der Waals surface area contributed by atoms with Gasteiger partial charge in [-0.25, -0.2) is 0 Å². The van der Waals surface area contributed by atoms with Crippen LogP contribution in [-0.2, 0) is 19.5 Å². The minimum Gasteiger partial charge on any atom is -0.442 e. The Morgan fingerprint density at radius 2 is 1.86 bits per heavy atom. The first kappa shape index (κ1) is 15.6. The number of rotatable bonds is 4. The lowest BCUT2D eigenvalue weighted by molar-refractivity contribution is 0.141. The number of aryl methyl sites for hydroxylation is 1. The van der Waals surface area contributed by atoms with Crippen molar-refractivity contribution in [1.82, 2.24) is 0 Å². The molecule has 0 saturated carbocycles. The summed E-state index contributed by atoms with van der Waals surface area (Å²) in [5.41, 5.74) is 0.974. The van der Waals surface area contributed by atoms with Crippen LogP contribution >= 0.6 is 0 Å². The van der Waals surface area contributed by atoms with Gasteiger partial charge in [0.1, 0.15) is 6.10 Å². The summed E-state index contributed by atoms with van der Waals surface area (Å²) in [6.45, 7) is 9.47. The second kappa shape index (κ2) is 5.89. The highest BCUT2D eigenvalue weighted by Crippen LogP contribution is 2.24. The topological polar surface area (TPSA) is 65.0 Å². The van der Waals surface area contributed by atoms with Crippen LogP contribution in [0.25, 0.3) is 0 Å². The molecule has 1 fully saturated rings. The molecule has 1 aromatic carbocycles. The molecule has 0 radical (unpaired) electrons. The fourth-order valence-corrected chi connectivity index (χ4v) is 2.86. The number of nitrogens with zero attached hydrogens (tertiary/aromatic N) is 1. The third-order valence-corrected chi connectivity index (χ3v) is 4.46. The van der Waals surface area contributed by atoms with E-state index in [1.807, 2.05) is 20.8 Å². The van der Waals surface area contributed by atoms with Crippen molar-refractivity contribution in [3.63, 3.8) is 0 Å². The van der Waals surface area contributed by atoms with E-state index in [1.165, 1.54) is 12.1 Å². The summed E-state index contributed by atoms with van der Waals surface area (Å²) in [5, 5.41) is 0. The van der Waals surface area contributed by atoms with Gasteiger partial charge in [-0.2, -0.15) is 8.42 Å². The van der Waals surface area contributed by atoms with E-state index in [2.05, 4.69) is 11.0 Å². The Morgan fingerprint density at radius 3 is 2.33 bits per heavy atom. The zero-order valence-corrected chi connectivity index (χ0v) is 13.1. The third kappa shape index (κ3) is 3.44. The molecule has 1 aliphatic rings. The number of ether oxygens (including phenoxy) is 2. The molecule has 2 atom stereocenters. The molecule has 5 nitrogen and oxygen atoms in total. The Morgan fingerprint density at radius 1 is 1.24 bits per heavy atom. The first-order valence-corrected chi connectivity index (χ1v) is 8.15. The van der Waals surface area contributed by atoms with E-state index >= 15 is 0 Å². The lowest BCUT2D eigenvalue weighted by atomic mass is 10.0. The molecule has 0 N–H and O–H groups in total. The highest BCUT2D eigenvalue weighted by Gasteiger charge is 2.36. The second-order valence-corrected chi connectivity index (χ2v) is 6.89. The van der Waals surface area contributed by atoms with Crippen molar-refractivity contribution in [2.75, 3.05) is 0 Å². The summed E-state index contributed by atoms with van der Waals surface area (Å²) in [6.07, 6.45) is 0.691. The zero-order chi connectivity index (χ0) is 15.6. The summed E-state index contributed by atoms with van der Waals surface area (Å²) in [5.74, 6) is 0.155. The summed E-state index contributed by atoms with van der Waals surface area (Å²) in [4.78, 5) is 0.107. The molecule has 0 amide bonds. The van der Waals surface area contributed by atoms with Crippen molar-refractivity contribution in [1.29, 1.82) is 0 Å². The van der Waals surface area contributed by atoms with Gasteiger partial charge in [-0.1, -0.05) is 42.5 Å². The number of sulfonamides is 1. The first-order chi connectivity index (χ1) is 9.83. The largest absolute Gasteiger partial charge is 0.442 e. The fraction of sp³-hybridized carbons (Fsp3) is 0.400. The van der Waals surface area contributed by atoms with Crippen LogP contribution in [-0.4, -0.2) is 26.7 Å². The van der Waals surface area contributed by atoms with Crippen LogP contribution in [0.15, 0.2) is 46.2 Å². The Hall–Kier alpha value is -1.82. The lowest BCUT2D eigenvalue weighted by Gasteiger charge is -2.14. The van der Waals surface area contributed by atoms with Crippen LogP contribution in [0.3, 0.4) is 0 Å². The Labute approximate surface area is 125 Å². The molecule has 1 saturated heterocycles. The van der Waals surface area contributed by atoms with E-state index in [9.17, 15) is 8.42 Å². The minimum atomic E-state index is -3.84. The van der Waals surface area contributed by atoms with E-state index in [0.717, 1.165) is 5.56 Å². The van der Waals surface area contributed by atoms with E-state index in [4.69, 9.17) is 9.47 Å². The SMILES string of the molecule is C=C[C@H]1O/C(=N/S(=O)(=O)c2ccc(C)cc2)O[C@@H]1C(C)C. The van der Waals surface area contributed by atoms with Gasteiger partial charge in [0.15, 0.2) is 6.10 Å². The maximum absolute atomic E-state index is 12.2. The predicted molar refractivity (Wildman–Crippen MR) is 80.6 cm³/mol. The molecule has 1 aromatic rings. The van der Waals surface area contributed by atoms with Gasteiger partial charge >= 0.3 is 6.08 Å². The normalized spacial score (nSPS) is 23.9. The minimum absolute atomic E-state index is 0.107. The quantitative estimate of drug-likeness (QED) is 0.802. The van der Waals surface area contributed by atoms with Gasteiger partial charge in [0.05, 0.1) is 4.90 Å². The van der Waals surface area contributed by atoms with Gasteiger partial charge in [-0.05, 0) is 31.1 Å². The molecule has 6 heteroatoms. The van der Waals surface area contributed by atoms with Crippen LogP contribution in [0.5, 0.6) is 0 Å². The van der Waals surface area contributed by atoms with Gasteiger partial charge in [0.2, 0.25) is 0 Å². The molecular weight excluding hydrogens is 290 g/mol. The molecule has 1 heterocycles. The molecule has 0 aliphatic carbocycles. The van der Waals surface area contributed by atoms with Crippen LogP contribution in [0.4, 0.5) is 0 Å². The van der Waals surface area contributed by atoms with Crippen LogP contribution in [0.1, 0.15) is 19.4 Å². The van der Waals surface area contributed by atoms with E-state index in [-0.39, 0.29) is 23.0 Å².